The molecular weight excluding hydrogens is 282 g/mol. The van der Waals surface area contributed by atoms with Gasteiger partial charge in [-0.25, -0.2) is 8.42 Å². The second kappa shape index (κ2) is 5.52. The van der Waals surface area contributed by atoms with E-state index < -0.39 is 10.0 Å². The summed E-state index contributed by atoms with van der Waals surface area (Å²) < 4.78 is 27.0. The zero-order valence-electron chi connectivity index (χ0n) is 11.6. The molecular formula is C13H21NO3S2. The molecule has 6 heteroatoms. The van der Waals surface area contributed by atoms with Gasteiger partial charge in [0, 0.05) is 22.3 Å². The highest BCUT2D eigenvalue weighted by Crippen LogP contribution is 2.32. The minimum absolute atomic E-state index is 0.0469. The van der Waals surface area contributed by atoms with Gasteiger partial charge in [0.2, 0.25) is 10.0 Å². The van der Waals surface area contributed by atoms with E-state index in [-0.39, 0.29) is 12.6 Å². The fourth-order valence-electron chi connectivity index (χ4n) is 2.73. The Hall–Kier alpha value is -0.430. The molecule has 1 aliphatic rings. The summed E-state index contributed by atoms with van der Waals surface area (Å²) in [5.74, 6) is 0.582. The van der Waals surface area contributed by atoms with Crippen LogP contribution >= 0.6 is 11.3 Å². The molecule has 0 aromatic carbocycles. The number of piperidine rings is 1. The van der Waals surface area contributed by atoms with E-state index in [4.69, 9.17) is 5.11 Å². The van der Waals surface area contributed by atoms with E-state index in [0.717, 1.165) is 17.7 Å². The molecule has 0 radical (unpaired) electrons. The Balaban J connectivity index is 2.34. The monoisotopic (exact) mass is 303 g/mol. The molecule has 2 heterocycles. The molecule has 1 aliphatic heterocycles. The number of nitrogens with zero attached hydrogens (tertiary/aromatic N) is 1. The van der Waals surface area contributed by atoms with E-state index in [2.05, 4.69) is 6.92 Å². The van der Waals surface area contributed by atoms with Crippen LogP contribution in [0.15, 0.2) is 11.0 Å². The van der Waals surface area contributed by atoms with E-state index in [1.165, 1.54) is 11.3 Å². The van der Waals surface area contributed by atoms with Gasteiger partial charge in [-0.3, -0.25) is 0 Å². The van der Waals surface area contributed by atoms with E-state index in [1.54, 1.807) is 17.3 Å². The molecule has 0 aliphatic carbocycles. The Labute approximate surface area is 119 Å². The first-order valence-corrected chi connectivity index (χ1v) is 8.84. The summed E-state index contributed by atoms with van der Waals surface area (Å²) in [6.45, 7) is 6.43. The average Bonchev–Trinajstić information content (AvgIpc) is 2.70. The molecule has 2 atom stereocenters. The van der Waals surface area contributed by atoms with E-state index in [1.807, 2.05) is 6.92 Å². The van der Waals surface area contributed by atoms with Crippen molar-refractivity contribution in [3.8, 4) is 0 Å². The summed E-state index contributed by atoms with van der Waals surface area (Å²) in [6, 6.07) is 1.66. The SMILES string of the molecule is Cc1sc(CO)cc1S(=O)(=O)N1CCC(C)CC1C. The first-order chi connectivity index (χ1) is 8.86. The number of hydrogen-bond acceptors (Lipinski definition) is 4. The van der Waals surface area contributed by atoms with Crippen molar-refractivity contribution in [3.05, 3.63) is 15.8 Å². The molecule has 0 spiro atoms. The fourth-order valence-corrected chi connectivity index (χ4v) is 5.85. The van der Waals surface area contributed by atoms with Crippen molar-refractivity contribution in [1.82, 2.24) is 4.31 Å². The summed E-state index contributed by atoms with van der Waals surface area (Å²) >= 11 is 1.35. The van der Waals surface area contributed by atoms with Gasteiger partial charge in [0.1, 0.15) is 0 Å². The lowest BCUT2D eigenvalue weighted by Crippen LogP contribution is -2.44. The number of aryl methyl sites for hydroxylation is 1. The maximum Gasteiger partial charge on any atom is 0.244 e. The smallest absolute Gasteiger partial charge is 0.244 e. The second-order valence-electron chi connectivity index (χ2n) is 5.39. The van der Waals surface area contributed by atoms with Gasteiger partial charge in [-0.2, -0.15) is 4.31 Å². The second-order valence-corrected chi connectivity index (χ2v) is 8.59. The third-order valence-corrected chi connectivity index (χ3v) is 7.05. The predicted molar refractivity (Wildman–Crippen MR) is 76.7 cm³/mol. The first kappa shape index (κ1) is 15.0. The molecule has 1 saturated heterocycles. The number of aliphatic hydroxyl groups excluding tert-OH is 1. The van der Waals surface area contributed by atoms with Gasteiger partial charge < -0.3 is 5.11 Å². The number of rotatable bonds is 3. The lowest BCUT2D eigenvalue weighted by molar-refractivity contribution is 0.220. The van der Waals surface area contributed by atoms with Gasteiger partial charge in [-0.15, -0.1) is 11.3 Å². The maximum absolute atomic E-state index is 12.7. The fraction of sp³-hybridized carbons (Fsp3) is 0.692. The number of thiophene rings is 1. The standard InChI is InChI=1S/C13H21NO3S2/c1-9-4-5-14(10(2)6-9)19(16,17)13-7-12(8-15)18-11(13)3/h7,9-10,15H,4-6,8H2,1-3H3. The van der Waals surface area contributed by atoms with Crippen molar-refractivity contribution in [3.63, 3.8) is 0 Å². The quantitative estimate of drug-likeness (QED) is 0.932. The highest BCUT2D eigenvalue weighted by molar-refractivity contribution is 7.89. The summed E-state index contributed by atoms with van der Waals surface area (Å²) in [5, 5.41) is 9.14. The van der Waals surface area contributed by atoms with Crippen LogP contribution in [-0.4, -0.2) is 30.4 Å². The zero-order valence-corrected chi connectivity index (χ0v) is 13.2. The minimum atomic E-state index is -3.42. The molecule has 0 bridgehead atoms. The molecule has 1 N–H and O–H groups in total. The van der Waals surface area contributed by atoms with Crippen molar-refractivity contribution < 1.29 is 13.5 Å². The van der Waals surface area contributed by atoms with Crippen molar-refractivity contribution >= 4 is 21.4 Å². The molecule has 19 heavy (non-hydrogen) atoms. The Morgan fingerprint density at radius 3 is 2.68 bits per heavy atom. The first-order valence-electron chi connectivity index (χ1n) is 6.58. The van der Waals surface area contributed by atoms with E-state index in [0.29, 0.717) is 22.2 Å². The van der Waals surface area contributed by atoms with Crippen LogP contribution in [0.1, 0.15) is 36.4 Å². The molecule has 4 nitrogen and oxygen atoms in total. The van der Waals surface area contributed by atoms with Crippen LogP contribution in [0, 0.1) is 12.8 Å². The van der Waals surface area contributed by atoms with Crippen LogP contribution in [0.4, 0.5) is 0 Å². The third kappa shape index (κ3) is 2.86. The Bertz CT molecular complexity index is 550. The van der Waals surface area contributed by atoms with Gasteiger partial charge >= 0.3 is 0 Å². The van der Waals surface area contributed by atoms with Gasteiger partial charge in [-0.05, 0) is 38.7 Å². The lowest BCUT2D eigenvalue weighted by Gasteiger charge is -2.35. The van der Waals surface area contributed by atoms with Crippen LogP contribution in [0.25, 0.3) is 0 Å². The van der Waals surface area contributed by atoms with E-state index >= 15 is 0 Å². The van der Waals surface area contributed by atoms with Crippen molar-refractivity contribution in [2.45, 2.75) is 51.2 Å². The molecule has 108 valence electrons. The van der Waals surface area contributed by atoms with Crippen molar-refractivity contribution in [2.75, 3.05) is 6.54 Å². The summed E-state index contributed by atoms with van der Waals surface area (Å²) in [5.41, 5.74) is 0. The van der Waals surface area contributed by atoms with Crippen LogP contribution in [0.5, 0.6) is 0 Å². The molecule has 2 rings (SSSR count). The molecule has 0 amide bonds. The van der Waals surface area contributed by atoms with E-state index in [9.17, 15) is 8.42 Å². The topological polar surface area (TPSA) is 57.6 Å². The lowest BCUT2D eigenvalue weighted by atomic mass is 9.95. The highest BCUT2D eigenvalue weighted by atomic mass is 32.2. The summed E-state index contributed by atoms with van der Waals surface area (Å²) in [4.78, 5) is 1.83. The Kier molecular flexibility index (Phi) is 4.35. The maximum atomic E-state index is 12.7. The van der Waals surface area contributed by atoms with Gasteiger partial charge in [0.25, 0.3) is 0 Å². The van der Waals surface area contributed by atoms with Gasteiger partial charge in [0.15, 0.2) is 0 Å². The van der Waals surface area contributed by atoms with Gasteiger partial charge in [0.05, 0.1) is 11.5 Å². The number of hydrogen-bond donors (Lipinski definition) is 1. The Morgan fingerprint density at radius 2 is 2.16 bits per heavy atom. The van der Waals surface area contributed by atoms with Crippen LogP contribution < -0.4 is 0 Å². The molecule has 1 aromatic heterocycles. The third-order valence-electron chi connectivity index (χ3n) is 3.74. The highest BCUT2D eigenvalue weighted by Gasteiger charge is 2.34. The van der Waals surface area contributed by atoms with Crippen molar-refractivity contribution in [1.29, 1.82) is 0 Å². The number of aliphatic hydroxyl groups is 1. The summed E-state index contributed by atoms with van der Waals surface area (Å²) in [6.07, 6.45) is 1.83. The molecule has 1 aromatic rings. The molecule has 1 fully saturated rings. The van der Waals surface area contributed by atoms with Gasteiger partial charge in [-0.1, -0.05) is 6.92 Å². The largest absolute Gasteiger partial charge is 0.391 e. The minimum Gasteiger partial charge on any atom is -0.391 e. The zero-order chi connectivity index (χ0) is 14.2. The van der Waals surface area contributed by atoms with Crippen molar-refractivity contribution in [2.24, 2.45) is 5.92 Å². The predicted octanol–water partition coefficient (Wildman–Crippen LogP) is 2.36. The van der Waals surface area contributed by atoms with Crippen LogP contribution in [0.3, 0.4) is 0 Å². The van der Waals surface area contributed by atoms with Crippen LogP contribution in [0.2, 0.25) is 0 Å². The molecule has 2 unspecified atom stereocenters. The average molecular weight is 303 g/mol. The summed E-state index contributed by atoms with van der Waals surface area (Å²) in [7, 11) is -3.42. The number of sulfonamides is 1. The van der Waals surface area contributed by atoms with Crippen LogP contribution in [-0.2, 0) is 16.6 Å². The normalized spacial score (nSPS) is 25.7. The Morgan fingerprint density at radius 1 is 1.47 bits per heavy atom. The molecule has 0 saturated carbocycles.